The molecule has 0 bridgehead atoms. The highest BCUT2D eigenvalue weighted by molar-refractivity contribution is 7.08. The number of rotatable bonds is 3. The van der Waals surface area contributed by atoms with Gasteiger partial charge in [-0.2, -0.15) is 11.3 Å². The van der Waals surface area contributed by atoms with Crippen molar-refractivity contribution in [1.82, 2.24) is 5.32 Å². The first-order valence-electron chi connectivity index (χ1n) is 5.69. The minimum Gasteiger partial charge on any atom is -0.453 e. The van der Waals surface area contributed by atoms with Gasteiger partial charge in [-0.15, -0.1) is 0 Å². The normalized spacial score (nSPS) is 18.6. The molecule has 1 fully saturated rings. The van der Waals surface area contributed by atoms with E-state index in [9.17, 15) is 4.79 Å². The Morgan fingerprint density at radius 3 is 2.94 bits per heavy atom. The lowest BCUT2D eigenvalue weighted by Gasteiger charge is -2.36. The fraction of sp³-hybridized carbons (Fsp3) is 0.583. The van der Waals surface area contributed by atoms with Gasteiger partial charge in [0.1, 0.15) is 0 Å². The second kappa shape index (κ2) is 5.51. The Hall–Kier alpha value is -1.07. The molecule has 0 atom stereocenters. The van der Waals surface area contributed by atoms with E-state index in [0.717, 1.165) is 26.1 Å². The van der Waals surface area contributed by atoms with Crippen molar-refractivity contribution in [3.8, 4) is 0 Å². The van der Waals surface area contributed by atoms with Crippen molar-refractivity contribution >= 4 is 17.4 Å². The molecule has 4 nitrogen and oxygen atoms in total. The van der Waals surface area contributed by atoms with Gasteiger partial charge in [-0.05, 0) is 35.2 Å². The first kappa shape index (κ1) is 12.4. The van der Waals surface area contributed by atoms with Gasteiger partial charge in [0, 0.05) is 25.2 Å². The van der Waals surface area contributed by atoms with Gasteiger partial charge in [0.15, 0.2) is 0 Å². The van der Waals surface area contributed by atoms with Gasteiger partial charge in [0.05, 0.1) is 7.11 Å². The van der Waals surface area contributed by atoms with Crippen LogP contribution < -0.4 is 5.32 Å². The minimum absolute atomic E-state index is 0.00639. The van der Waals surface area contributed by atoms with Crippen LogP contribution in [0.25, 0.3) is 0 Å². The second-order valence-corrected chi connectivity index (χ2v) is 5.03. The van der Waals surface area contributed by atoms with Crippen molar-refractivity contribution in [1.29, 1.82) is 0 Å². The molecule has 1 saturated heterocycles. The van der Waals surface area contributed by atoms with Crippen LogP contribution in [0.15, 0.2) is 16.8 Å². The lowest BCUT2D eigenvalue weighted by atomic mass is 9.75. The van der Waals surface area contributed by atoms with Gasteiger partial charge in [0.25, 0.3) is 0 Å². The molecule has 0 aromatic carbocycles. The van der Waals surface area contributed by atoms with Crippen LogP contribution in [0.4, 0.5) is 4.79 Å². The molecule has 5 heteroatoms. The number of amides is 1. The third-order valence-corrected chi connectivity index (χ3v) is 4.02. The zero-order valence-electron chi connectivity index (χ0n) is 9.90. The van der Waals surface area contributed by atoms with E-state index < -0.39 is 0 Å². The van der Waals surface area contributed by atoms with Gasteiger partial charge in [-0.25, -0.2) is 4.79 Å². The van der Waals surface area contributed by atoms with E-state index in [4.69, 9.17) is 4.74 Å². The standard InChI is InChI=1S/C12H17NO3S/c1-15-11(14)13-9-12(3-5-16-6-4-12)10-2-7-17-8-10/h2,7-8H,3-6,9H2,1H3,(H,13,14). The number of methoxy groups -OCH3 is 1. The first-order valence-corrected chi connectivity index (χ1v) is 6.63. The summed E-state index contributed by atoms with van der Waals surface area (Å²) in [5, 5.41) is 7.05. The quantitative estimate of drug-likeness (QED) is 0.900. The molecular weight excluding hydrogens is 238 g/mol. The topological polar surface area (TPSA) is 47.6 Å². The summed E-state index contributed by atoms with van der Waals surface area (Å²) in [5.41, 5.74) is 1.30. The molecule has 94 valence electrons. The van der Waals surface area contributed by atoms with E-state index in [1.165, 1.54) is 12.7 Å². The fourth-order valence-corrected chi connectivity index (χ4v) is 2.99. The highest BCUT2D eigenvalue weighted by Crippen LogP contribution is 2.35. The Kier molecular flexibility index (Phi) is 4.02. The Balaban J connectivity index is 2.10. The van der Waals surface area contributed by atoms with Gasteiger partial charge >= 0.3 is 6.09 Å². The highest BCUT2D eigenvalue weighted by Gasteiger charge is 2.35. The lowest BCUT2D eigenvalue weighted by molar-refractivity contribution is 0.0496. The molecule has 2 rings (SSSR count). The van der Waals surface area contributed by atoms with E-state index in [-0.39, 0.29) is 11.5 Å². The number of hydrogen-bond donors (Lipinski definition) is 1. The summed E-state index contributed by atoms with van der Waals surface area (Å²) in [4.78, 5) is 11.2. The average molecular weight is 255 g/mol. The van der Waals surface area contributed by atoms with E-state index in [1.54, 1.807) is 11.3 Å². The number of hydrogen-bond acceptors (Lipinski definition) is 4. The maximum absolute atomic E-state index is 11.2. The van der Waals surface area contributed by atoms with Crippen molar-refractivity contribution in [2.75, 3.05) is 26.9 Å². The molecule has 0 saturated carbocycles. The second-order valence-electron chi connectivity index (χ2n) is 4.25. The summed E-state index contributed by atoms with van der Waals surface area (Å²) in [6.45, 7) is 2.11. The van der Waals surface area contributed by atoms with E-state index in [2.05, 4.69) is 26.9 Å². The van der Waals surface area contributed by atoms with Crippen LogP contribution in [0.5, 0.6) is 0 Å². The molecule has 17 heavy (non-hydrogen) atoms. The monoisotopic (exact) mass is 255 g/mol. The number of nitrogens with one attached hydrogen (secondary N) is 1. The molecule has 1 aliphatic heterocycles. The molecule has 0 unspecified atom stereocenters. The molecule has 1 aliphatic rings. The van der Waals surface area contributed by atoms with Gasteiger partial charge in [0.2, 0.25) is 0 Å². The van der Waals surface area contributed by atoms with Crippen LogP contribution >= 0.6 is 11.3 Å². The maximum atomic E-state index is 11.2. The van der Waals surface area contributed by atoms with Crippen molar-refractivity contribution in [2.45, 2.75) is 18.3 Å². The van der Waals surface area contributed by atoms with E-state index >= 15 is 0 Å². The summed E-state index contributed by atoms with van der Waals surface area (Å²) < 4.78 is 10.0. The summed E-state index contributed by atoms with van der Waals surface area (Å²) >= 11 is 1.69. The third kappa shape index (κ3) is 2.79. The van der Waals surface area contributed by atoms with E-state index in [0.29, 0.717) is 6.54 Å². The molecule has 2 heterocycles. The number of alkyl carbamates (subject to hydrolysis) is 1. The maximum Gasteiger partial charge on any atom is 0.406 e. The zero-order chi connectivity index (χ0) is 12.1. The Bertz CT molecular complexity index is 358. The Labute approximate surface area is 105 Å². The van der Waals surface area contributed by atoms with Crippen LogP contribution in [0.3, 0.4) is 0 Å². The van der Waals surface area contributed by atoms with Crippen LogP contribution in [-0.2, 0) is 14.9 Å². The summed E-state index contributed by atoms with van der Waals surface area (Å²) in [5.74, 6) is 0. The number of carbonyl (C=O) groups is 1. The largest absolute Gasteiger partial charge is 0.453 e. The summed E-state index contributed by atoms with van der Waals surface area (Å²) in [6.07, 6.45) is 1.51. The molecular formula is C12H17NO3S. The van der Waals surface area contributed by atoms with Gasteiger partial charge in [-0.3, -0.25) is 0 Å². The molecule has 1 N–H and O–H groups in total. The van der Waals surface area contributed by atoms with Crippen LogP contribution in [0.1, 0.15) is 18.4 Å². The van der Waals surface area contributed by atoms with Crippen LogP contribution in [0.2, 0.25) is 0 Å². The highest BCUT2D eigenvalue weighted by atomic mass is 32.1. The van der Waals surface area contributed by atoms with Crippen molar-refractivity contribution in [2.24, 2.45) is 0 Å². The molecule has 0 aliphatic carbocycles. The minimum atomic E-state index is -0.369. The van der Waals surface area contributed by atoms with Crippen molar-refractivity contribution < 1.29 is 14.3 Å². The van der Waals surface area contributed by atoms with Crippen LogP contribution in [0, 0.1) is 0 Å². The van der Waals surface area contributed by atoms with Crippen LogP contribution in [-0.4, -0.2) is 33.0 Å². The lowest BCUT2D eigenvalue weighted by Crippen LogP contribution is -2.44. The average Bonchev–Trinajstić information content (AvgIpc) is 2.91. The van der Waals surface area contributed by atoms with Gasteiger partial charge < -0.3 is 14.8 Å². The molecule has 1 aromatic heterocycles. The summed E-state index contributed by atoms with van der Waals surface area (Å²) in [6, 6.07) is 2.13. The Morgan fingerprint density at radius 1 is 1.59 bits per heavy atom. The Morgan fingerprint density at radius 2 is 2.35 bits per heavy atom. The third-order valence-electron chi connectivity index (χ3n) is 3.34. The fourth-order valence-electron chi connectivity index (χ4n) is 2.21. The van der Waals surface area contributed by atoms with Gasteiger partial charge in [-0.1, -0.05) is 0 Å². The SMILES string of the molecule is COC(=O)NCC1(c2ccsc2)CCOCC1. The number of carbonyl (C=O) groups excluding carboxylic acids is 1. The number of thiophene rings is 1. The number of ether oxygens (including phenoxy) is 2. The molecule has 0 spiro atoms. The first-order chi connectivity index (χ1) is 8.27. The zero-order valence-corrected chi connectivity index (χ0v) is 10.7. The smallest absolute Gasteiger partial charge is 0.406 e. The predicted molar refractivity (Wildman–Crippen MR) is 66.5 cm³/mol. The van der Waals surface area contributed by atoms with Crippen molar-refractivity contribution in [3.63, 3.8) is 0 Å². The van der Waals surface area contributed by atoms with Crippen molar-refractivity contribution in [3.05, 3.63) is 22.4 Å². The molecule has 1 aromatic rings. The molecule has 0 radical (unpaired) electrons. The summed E-state index contributed by atoms with van der Waals surface area (Å²) in [7, 11) is 1.39. The predicted octanol–water partition coefficient (Wildman–Crippen LogP) is 2.15. The van der Waals surface area contributed by atoms with E-state index in [1.807, 2.05) is 0 Å². The molecule has 1 amide bonds.